The van der Waals surface area contributed by atoms with E-state index in [2.05, 4.69) is 4.98 Å². The minimum absolute atomic E-state index is 0.0198. The SMILES string of the molecule is COc1cc2c(cc1OC)CN(C(=O)c1cccc(OCc3cn4ccccc4n3)c1)CC2. The summed E-state index contributed by atoms with van der Waals surface area (Å²) >= 11 is 0. The van der Waals surface area contributed by atoms with Crippen LogP contribution in [-0.4, -0.2) is 41.0 Å². The molecule has 2 aromatic carbocycles. The molecule has 0 spiro atoms. The molecular formula is C26H25N3O4. The standard InChI is InChI=1S/C26H25N3O4/c1-31-23-13-18-9-11-29(15-20(18)14-24(23)32-2)26(30)19-6-5-7-22(12-19)33-17-21-16-28-10-4-3-8-25(28)27-21/h3-8,10,12-14,16H,9,11,15,17H2,1-2H3. The van der Waals surface area contributed by atoms with Crippen molar-refractivity contribution in [2.45, 2.75) is 19.6 Å². The van der Waals surface area contributed by atoms with Crippen molar-refractivity contribution in [3.05, 3.63) is 89.4 Å². The molecule has 0 atom stereocenters. The summed E-state index contributed by atoms with van der Waals surface area (Å²) in [5.41, 5.74) is 4.56. The van der Waals surface area contributed by atoms with E-state index in [0.29, 0.717) is 42.5 Å². The van der Waals surface area contributed by atoms with Gasteiger partial charge < -0.3 is 23.5 Å². The van der Waals surface area contributed by atoms with E-state index in [0.717, 1.165) is 23.3 Å². The van der Waals surface area contributed by atoms with Gasteiger partial charge in [-0.05, 0) is 60.0 Å². The van der Waals surface area contributed by atoms with Gasteiger partial charge in [-0.2, -0.15) is 0 Å². The molecule has 4 aromatic rings. The van der Waals surface area contributed by atoms with Gasteiger partial charge in [0, 0.05) is 31.0 Å². The molecule has 5 rings (SSSR count). The van der Waals surface area contributed by atoms with Gasteiger partial charge in [-0.25, -0.2) is 4.98 Å². The average Bonchev–Trinajstić information content (AvgIpc) is 3.29. The first kappa shape index (κ1) is 20.9. The molecular weight excluding hydrogens is 418 g/mol. The zero-order valence-electron chi connectivity index (χ0n) is 18.7. The Hall–Kier alpha value is -4.00. The largest absolute Gasteiger partial charge is 0.493 e. The minimum atomic E-state index is -0.0198. The van der Waals surface area contributed by atoms with Crippen molar-refractivity contribution in [2.24, 2.45) is 0 Å². The van der Waals surface area contributed by atoms with E-state index in [1.54, 1.807) is 20.3 Å². The van der Waals surface area contributed by atoms with E-state index in [4.69, 9.17) is 14.2 Å². The predicted molar refractivity (Wildman–Crippen MR) is 124 cm³/mol. The van der Waals surface area contributed by atoms with Gasteiger partial charge >= 0.3 is 0 Å². The summed E-state index contributed by atoms with van der Waals surface area (Å²) in [6.45, 7) is 1.51. The van der Waals surface area contributed by atoms with Crippen LogP contribution in [0, 0.1) is 0 Å². The predicted octanol–water partition coefficient (Wildman–Crippen LogP) is 4.13. The maximum Gasteiger partial charge on any atom is 0.254 e. The molecule has 33 heavy (non-hydrogen) atoms. The van der Waals surface area contributed by atoms with Crippen LogP contribution in [0.25, 0.3) is 5.65 Å². The second kappa shape index (κ2) is 8.86. The molecule has 1 aliphatic rings. The zero-order chi connectivity index (χ0) is 22.8. The van der Waals surface area contributed by atoms with Crippen LogP contribution >= 0.6 is 0 Å². The monoisotopic (exact) mass is 443 g/mol. The minimum Gasteiger partial charge on any atom is -0.493 e. The van der Waals surface area contributed by atoms with Gasteiger partial charge in [0.25, 0.3) is 5.91 Å². The highest BCUT2D eigenvalue weighted by molar-refractivity contribution is 5.94. The van der Waals surface area contributed by atoms with Crippen molar-refractivity contribution < 1.29 is 19.0 Å². The molecule has 0 aliphatic carbocycles. The first-order valence-electron chi connectivity index (χ1n) is 10.8. The molecule has 0 unspecified atom stereocenters. The third-order valence-electron chi connectivity index (χ3n) is 5.89. The second-order valence-corrected chi connectivity index (χ2v) is 7.97. The van der Waals surface area contributed by atoms with E-state index in [1.165, 1.54) is 5.56 Å². The maximum atomic E-state index is 13.2. The number of carbonyl (C=O) groups is 1. The zero-order valence-corrected chi connectivity index (χ0v) is 18.7. The van der Waals surface area contributed by atoms with Crippen molar-refractivity contribution in [1.29, 1.82) is 0 Å². The number of aromatic nitrogens is 2. The quantitative estimate of drug-likeness (QED) is 0.448. The lowest BCUT2D eigenvalue weighted by molar-refractivity contribution is 0.0734. The van der Waals surface area contributed by atoms with Crippen LogP contribution in [0.15, 0.2) is 67.0 Å². The Kier molecular flexibility index (Phi) is 5.60. The van der Waals surface area contributed by atoms with Crippen LogP contribution < -0.4 is 14.2 Å². The normalized spacial score (nSPS) is 13.0. The number of hydrogen-bond acceptors (Lipinski definition) is 5. The van der Waals surface area contributed by atoms with Crippen LogP contribution in [0.5, 0.6) is 17.2 Å². The molecule has 0 bridgehead atoms. The molecule has 0 saturated heterocycles. The summed E-state index contributed by atoms with van der Waals surface area (Å²) in [6, 6.07) is 17.1. The third kappa shape index (κ3) is 4.22. The Morgan fingerprint density at radius 2 is 1.82 bits per heavy atom. The molecule has 0 fully saturated rings. The molecule has 168 valence electrons. The summed E-state index contributed by atoms with van der Waals surface area (Å²) < 4.78 is 18.7. The topological polar surface area (TPSA) is 65.3 Å². The smallest absolute Gasteiger partial charge is 0.254 e. The van der Waals surface area contributed by atoms with E-state index in [1.807, 2.05) is 70.2 Å². The van der Waals surface area contributed by atoms with Crippen molar-refractivity contribution in [3.8, 4) is 17.2 Å². The van der Waals surface area contributed by atoms with Gasteiger partial charge in [-0.3, -0.25) is 4.79 Å². The van der Waals surface area contributed by atoms with E-state index in [-0.39, 0.29) is 5.91 Å². The molecule has 0 N–H and O–H groups in total. The fourth-order valence-electron chi connectivity index (χ4n) is 4.17. The van der Waals surface area contributed by atoms with Crippen LogP contribution in [0.3, 0.4) is 0 Å². The fraction of sp³-hybridized carbons (Fsp3) is 0.231. The van der Waals surface area contributed by atoms with Crippen LogP contribution in [0.4, 0.5) is 0 Å². The Bertz CT molecular complexity index is 1280. The Morgan fingerprint density at radius 3 is 2.61 bits per heavy atom. The number of rotatable bonds is 6. The molecule has 0 radical (unpaired) electrons. The highest BCUT2D eigenvalue weighted by Gasteiger charge is 2.24. The Morgan fingerprint density at radius 1 is 1.00 bits per heavy atom. The molecule has 7 heteroatoms. The number of pyridine rings is 1. The van der Waals surface area contributed by atoms with Crippen LogP contribution in [-0.2, 0) is 19.6 Å². The van der Waals surface area contributed by atoms with E-state index >= 15 is 0 Å². The van der Waals surface area contributed by atoms with E-state index in [9.17, 15) is 4.79 Å². The highest BCUT2D eigenvalue weighted by Crippen LogP contribution is 2.33. The van der Waals surface area contributed by atoms with Crippen molar-refractivity contribution in [3.63, 3.8) is 0 Å². The van der Waals surface area contributed by atoms with Gasteiger partial charge in [0.2, 0.25) is 0 Å². The molecule has 3 heterocycles. The number of benzene rings is 2. The summed E-state index contributed by atoms with van der Waals surface area (Å²) in [4.78, 5) is 19.6. The lowest BCUT2D eigenvalue weighted by Crippen LogP contribution is -2.36. The van der Waals surface area contributed by atoms with Gasteiger partial charge in [0.15, 0.2) is 11.5 Å². The highest BCUT2D eigenvalue weighted by atomic mass is 16.5. The average molecular weight is 444 g/mol. The van der Waals surface area contributed by atoms with Crippen molar-refractivity contribution >= 4 is 11.6 Å². The van der Waals surface area contributed by atoms with Crippen molar-refractivity contribution in [2.75, 3.05) is 20.8 Å². The third-order valence-corrected chi connectivity index (χ3v) is 5.89. The number of amides is 1. The van der Waals surface area contributed by atoms with Gasteiger partial charge in [0.1, 0.15) is 18.0 Å². The second-order valence-electron chi connectivity index (χ2n) is 7.97. The number of nitrogens with zero attached hydrogens (tertiary/aromatic N) is 3. The van der Waals surface area contributed by atoms with E-state index < -0.39 is 0 Å². The number of hydrogen-bond donors (Lipinski definition) is 0. The fourth-order valence-corrected chi connectivity index (χ4v) is 4.17. The number of carbonyl (C=O) groups excluding carboxylic acids is 1. The Balaban J connectivity index is 1.29. The first-order valence-corrected chi connectivity index (χ1v) is 10.8. The number of ether oxygens (including phenoxy) is 3. The summed E-state index contributed by atoms with van der Waals surface area (Å²) in [6.07, 6.45) is 4.66. The summed E-state index contributed by atoms with van der Waals surface area (Å²) in [7, 11) is 3.25. The molecule has 1 amide bonds. The number of methoxy groups -OCH3 is 2. The van der Waals surface area contributed by atoms with Crippen LogP contribution in [0.1, 0.15) is 27.2 Å². The van der Waals surface area contributed by atoms with Crippen molar-refractivity contribution in [1.82, 2.24) is 14.3 Å². The summed E-state index contributed by atoms with van der Waals surface area (Å²) in [5.74, 6) is 2.01. The van der Waals surface area contributed by atoms with Gasteiger partial charge in [-0.15, -0.1) is 0 Å². The molecule has 7 nitrogen and oxygen atoms in total. The number of fused-ring (bicyclic) bond motifs is 2. The maximum absolute atomic E-state index is 13.2. The first-order chi connectivity index (χ1) is 16.1. The summed E-state index contributed by atoms with van der Waals surface area (Å²) in [5, 5.41) is 0. The van der Waals surface area contributed by atoms with Gasteiger partial charge in [0.05, 0.1) is 19.9 Å². The molecule has 1 aliphatic heterocycles. The Labute approximate surface area is 192 Å². The number of imidazole rings is 1. The van der Waals surface area contributed by atoms with Crippen LogP contribution in [0.2, 0.25) is 0 Å². The lowest BCUT2D eigenvalue weighted by Gasteiger charge is -2.29. The molecule has 0 saturated carbocycles. The lowest BCUT2D eigenvalue weighted by atomic mass is 9.98. The molecule has 2 aromatic heterocycles. The van der Waals surface area contributed by atoms with Gasteiger partial charge in [-0.1, -0.05) is 12.1 Å².